The summed E-state index contributed by atoms with van der Waals surface area (Å²) in [5.41, 5.74) is 1.68. The standard InChI is InChI=1S/C25H30FN5O3/c1-3-13-31(25(34)27-4-2)18-23(32)28-19-9-11-20(12-10-19)29-14-16-30(17-15-29)24(33)21-7-5-6-8-22(21)26/h3,5-12H,1,4,13-18H2,2H3,(H,27,34)(H,28,32). The van der Waals surface area contributed by atoms with Crippen LogP contribution in [0.25, 0.3) is 0 Å². The number of halogens is 1. The van der Waals surface area contributed by atoms with Crippen LogP contribution in [0.5, 0.6) is 0 Å². The van der Waals surface area contributed by atoms with Gasteiger partial charge < -0.3 is 25.3 Å². The lowest BCUT2D eigenvalue weighted by atomic mass is 10.1. The molecule has 1 heterocycles. The normalized spacial score (nSPS) is 13.2. The van der Waals surface area contributed by atoms with Crippen LogP contribution in [0.4, 0.5) is 20.6 Å². The van der Waals surface area contributed by atoms with Gasteiger partial charge in [0, 0.05) is 50.6 Å². The summed E-state index contributed by atoms with van der Waals surface area (Å²) in [6.45, 7) is 8.31. The molecule has 0 spiro atoms. The summed E-state index contributed by atoms with van der Waals surface area (Å²) in [7, 11) is 0. The molecule has 3 rings (SSSR count). The van der Waals surface area contributed by atoms with Gasteiger partial charge in [0.05, 0.1) is 5.56 Å². The third kappa shape index (κ3) is 6.34. The Balaban J connectivity index is 1.52. The van der Waals surface area contributed by atoms with Crippen molar-refractivity contribution in [3.8, 4) is 0 Å². The van der Waals surface area contributed by atoms with Gasteiger partial charge in [-0.3, -0.25) is 9.59 Å². The van der Waals surface area contributed by atoms with E-state index in [4.69, 9.17) is 0 Å². The molecule has 0 bridgehead atoms. The number of anilines is 2. The Kier molecular flexibility index (Phi) is 8.61. The summed E-state index contributed by atoms with van der Waals surface area (Å²) >= 11 is 0. The molecule has 0 aromatic heterocycles. The number of carbonyl (C=O) groups excluding carboxylic acids is 3. The van der Waals surface area contributed by atoms with Crippen LogP contribution in [0.1, 0.15) is 17.3 Å². The van der Waals surface area contributed by atoms with Crippen LogP contribution in [0.15, 0.2) is 61.2 Å². The van der Waals surface area contributed by atoms with E-state index in [0.717, 1.165) is 5.69 Å². The second-order valence-corrected chi connectivity index (χ2v) is 7.86. The smallest absolute Gasteiger partial charge is 0.318 e. The van der Waals surface area contributed by atoms with E-state index in [1.165, 1.54) is 17.0 Å². The summed E-state index contributed by atoms with van der Waals surface area (Å²) in [4.78, 5) is 42.2. The minimum absolute atomic E-state index is 0.0857. The number of hydrogen-bond acceptors (Lipinski definition) is 4. The van der Waals surface area contributed by atoms with Crippen molar-refractivity contribution in [3.05, 3.63) is 72.6 Å². The molecule has 8 nitrogen and oxygen atoms in total. The largest absolute Gasteiger partial charge is 0.368 e. The molecule has 1 saturated heterocycles. The van der Waals surface area contributed by atoms with Crippen molar-refractivity contribution in [2.75, 3.05) is 56.0 Å². The summed E-state index contributed by atoms with van der Waals surface area (Å²) < 4.78 is 13.9. The highest BCUT2D eigenvalue weighted by Gasteiger charge is 2.24. The molecular weight excluding hydrogens is 437 g/mol. The van der Waals surface area contributed by atoms with E-state index in [0.29, 0.717) is 38.4 Å². The fraction of sp³-hybridized carbons (Fsp3) is 0.320. The van der Waals surface area contributed by atoms with E-state index in [2.05, 4.69) is 22.1 Å². The maximum atomic E-state index is 13.9. The van der Waals surface area contributed by atoms with Crippen molar-refractivity contribution in [3.63, 3.8) is 0 Å². The molecule has 180 valence electrons. The van der Waals surface area contributed by atoms with E-state index < -0.39 is 5.82 Å². The molecule has 0 radical (unpaired) electrons. The molecule has 2 N–H and O–H groups in total. The molecule has 9 heteroatoms. The van der Waals surface area contributed by atoms with Gasteiger partial charge in [-0.25, -0.2) is 9.18 Å². The first-order valence-corrected chi connectivity index (χ1v) is 11.2. The van der Waals surface area contributed by atoms with Crippen molar-refractivity contribution in [2.24, 2.45) is 0 Å². The van der Waals surface area contributed by atoms with E-state index in [-0.39, 0.29) is 36.5 Å². The number of carbonyl (C=O) groups is 3. The summed E-state index contributed by atoms with van der Waals surface area (Å²) in [6.07, 6.45) is 1.57. The van der Waals surface area contributed by atoms with Gasteiger partial charge in [-0.05, 0) is 43.3 Å². The number of hydrogen-bond donors (Lipinski definition) is 2. The molecular formula is C25H30FN5O3. The predicted molar refractivity (Wildman–Crippen MR) is 130 cm³/mol. The molecule has 1 fully saturated rings. The van der Waals surface area contributed by atoms with Crippen molar-refractivity contribution >= 4 is 29.2 Å². The lowest BCUT2D eigenvalue weighted by Crippen LogP contribution is -2.49. The highest BCUT2D eigenvalue weighted by molar-refractivity contribution is 5.95. The van der Waals surface area contributed by atoms with Crippen molar-refractivity contribution in [1.82, 2.24) is 15.1 Å². The topological polar surface area (TPSA) is 85.0 Å². The Labute approximate surface area is 199 Å². The molecule has 1 aliphatic rings. The maximum absolute atomic E-state index is 13.9. The Hall–Kier alpha value is -3.88. The van der Waals surface area contributed by atoms with E-state index in [1.807, 2.05) is 19.1 Å². The van der Waals surface area contributed by atoms with Crippen LogP contribution < -0.4 is 15.5 Å². The molecule has 0 aliphatic carbocycles. The number of benzene rings is 2. The third-order valence-corrected chi connectivity index (χ3v) is 5.49. The first-order chi connectivity index (χ1) is 16.4. The number of urea groups is 1. The summed E-state index contributed by atoms with van der Waals surface area (Å²) in [6, 6.07) is 13.1. The van der Waals surface area contributed by atoms with Gasteiger partial charge in [0.25, 0.3) is 5.91 Å². The lowest BCUT2D eigenvalue weighted by molar-refractivity contribution is -0.116. The van der Waals surface area contributed by atoms with Gasteiger partial charge in [0.2, 0.25) is 5.91 Å². The third-order valence-electron chi connectivity index (χ3n) is 5.49. The molecule has 0 saturated carbocycles. The van der Waals surface area contributed by atoms with Crippen LogP contribution in [0.3, 0.4) is 0 Å². The number of nitrogens with zero attached hydrogens (tertiary/aromatic N) is 3. The van der Waals surface area contributed by atoms with E-state index in [9.17, 15) is 18.8 Å². The fourth-order valence-electron chi connectivity index (χ4n) is 3.74. The average Bonchev–Trinajstić information content (AvgIpc) is 2.84. The highest BCUT2D eigenvalue weighted by Crippen LogP contribution is 2.21. The van der Waals surface area contributed by atoms with Crippen molar-refractivity contribution in [1.29, 1.82) is 0 Å². The minimum atomic E-state index is -0.508. The number of amides is 4. The monoisotopic (exact) mass is 467 g/mol. The Bertz CT molecular complexity index is 1020. The molecule has 0 atom stereocenters. The molecule has 2 aromatic rings. The Morgan fingerprint density at radius 3 is 2.35 bits per heavy atom. The van der Waals surface area contributed by atoms with E-state index >= 15 is 0 Å². The highest BCUT2D eigenvalue weighted by atomic mass is 19.1. The molecule has 0 unspecified atom stereocenters. The average molecular weight is 468 g/mol. The van der Waals surface area contributed by atoms with Crippen LogP contribution >= 0.6 is 0 Å². The first-order valence-electron chi connectivity index (χ1n) is 11.2. The zero-order chi connectivity index (χ0) is 24.5. The van der Waals surface area contributed by atoms with Crippen LogP contribution in [0.2, 0.25) is 0 Å². The molecule has 2 aromatic carbocycles. The maximum Gasteiger partial charge on any atom is 0.318 e. The second-order valence-electron chi connectivity index (χ2n) is 7.86. The van der Waals surface area contributed by atoms with Gasteiger partial charge in [-0.15, -0.1) is 6.58 Å². The number of piperazine rings is 1. The molecule has 34 heavy (non-hydrogen) atoms. The number of nitrogens with one attached hydrogen (secondary N) is 2. The lowest BCUT2D eigenvalue weighted by Gasteiger charge is -2.36. The molecule has 4 amide bonds. The summed E-state index contributed by atoms with van der Waals surface area (Å²) in [5.74, 6) is -1.11. The van der Waals surface area contributed by atoms with Crippen molar-refractivity contribution in [2.45, 2.75) is 6.92 Å². The van der Waals surface area contributed by atoms with Gasteiger partial charge in [-0.2, -0.15) is 0 Å². The zero-order valence-electron chi connectivity index (χ0n) is 19.3. The van der Waals surface area contributed by atoms with Gasteiger partial charge in [-0.1, -0.05) is 18.2 Å². The quantitative estimate of drug-likeness (QED) is 0.585. The zero-order valence-corrected chi connectivity index (χ0v) is 19.3. The SMILES string of the molecule is C=CCN(CC(=O)Nc1ccc(N2CCN(C(=O)c3ccccc3F)CC2)cc1)C(=O)NCC. The second kappa shape index (κ2) is 11.8. The minimum Gasteiger partial charge on any atom is -0.368 e. The van der Waals surface area contributed by atoms with Crippen LogP contribution in [-0.4, -0.2) is 73.5 Å². The number of rotatable bonds is 8. The van der Waals surface area contributed by atoms with Crippen LogP contribution in [-0.2, 0) is 4.79 Å². The predicted octanol–water partition coefficient (Wildman–Crippen LogP) is 2.94. The fourth-order valence-corrected chi connectivity index (χ4v) is 3.74. The van der Waals surface area contributed by atoms with Gasteiger partial charge in [0.15, 0.2) is 0 Å². The molecule has 1 aliphatic heterocycles. The van der Waals surface area contributed by atoms with E-state index in [1.54, 1.807) is 35.2 Å². The first kappa shape index (κ1) is 24.8. The summed E-state index contributed by atoms with van der Waals surface area (Å²) in [5, 5.41) is 5.48. The Morgan fingerprint density at radius 2 is 1.74 bits per heavy atom. The van der Waals surface area contributed by atoms with Gasteiger partial charge >= 0.3 is 6.03 Å². The Morgan fingerprint density at radius 1 is 1.06 bits per heavy atom. The van der Waals surface area contributed by atoms with Crippen LogP contribution in [0, 0.1) is 5.82 Å². The van der Waals surface area contributed by atoms with Gasteiger partial charge in [0.1, 0.15) is 12.4 Å². The van der Waals surface area contributed by atoms with Crippen molar-refractivity contribution < 1.29 is 18.8 Å².